The van der Waals surface area contributed by atoms with Gasteiger partial charge in [0.1, 0.15) is 17.4 Å². The Morgan fingerprint density at radius 2 is 2.07 bits per heavy atom. The van der Waals surface area contributed by atoms with E-state index in [9.17, 15) is 8.78 Å². The SMILES string of the molecule is CC/C(C)=C(N)/C=C(\N=C(/C)C(F)F)Nc1cc(OC)c(/C(C=NC)=C/N)cn1. The summed E-state index contributed by atoms with van der Waals surface area (Å²) >= 11 is 0. The Kier molecular flexibility index (Phi) is 9.50. The molecule has 158 valence electrons. The van der Waals surface area contributed by atoms with Crippen LogP contribution < -0.4 is 21.5 Å². The summed E-state index contributed by atoms with van der Waals surface area (Å²) in [6.45, 7) is 5.05. The van der Waals surface area contributed by atoms with Crippen LogP contribution in [0.3, 0.4) is 0 Å². The average molecular weight is 406 g/mol. The molecular weight excluding hydrogens is 378 g/mol. The van der Waals surface area contributed by atoms with Crippen molar-refractivity contribution in [1.29, 1.82) is 0 Å². The van der Waals surface area contributed by atoms with E-state index in [0.717, 1.165) is 12.0 Å². The number of rotatable bonds is 9. The van der Waals surface area contributed by atoms with Crippen LogP contribution in [0.5, 0.6) is 5.75 Å². The summed E-state index contributed by atoms with van der Waals surface area (Å²) in [6.07, 6.45) is 4.04. The van der Waals surface area contributed by atoms with Gasteiger partial charge in [0.05, 0.1) is 12.8 Å². The zero-order valence-electron chi connectivity index (χ0n) is 17.3. The quantitative estimate of drug-likeness (QED) is 0.428. The highest BCUT2D eigenvalue weighted by atomic mass is 19.3. The molecule has 0 saturated heterocycles. The number of nitrogens with two attached hydrogens (primary N) is 2. The van der Waals surface area contributed by atoms with Crippen LogP contribution in [0.25, 0.3) is 5.57 Å². The summed E-state index contributed by atoms with van der Waals surface area (Å²) in [7, 11) is 3.12. The smallest absolute Gasteiger partial charge is 0.276 e. The van der Waals surface area contributed by atoms with E-state index < -0.39 is 6.43 Å². The summed E-state index contributed by atoms with van der Waals surface area (Å²) < 4.78 is 31.3. The molecule has 1 heterocycles. The Balaban J connectivity index is 3.39. The number of hydrogen-bond acceptors (Lipinski definition) is 7. The molecule has 1 rings (SSSR count). The van der Waals surface area contributed by atoms with Gasteiger partial charge < -0.3 is 21.5 Å². The fourth-order valence-corrected chi connectivity index (χ4v) is 2.17. The zero-order valence-corrected chi connectivity index (χ0v) is 17.3. The molecule has 5 N–H and O–H groups in total. The van der Waals surface area contributed by atoms with Gasteiger partial charge in [-0.15, -0.1) is 0 Å². The highest BCUT2D eigenvalue weighted by molar-refractivity contribution is 6.10. The molecule has 0 amide bonds. The fraction of sp³-hybridized carbons (Fsp3) is 0.350. The van der Waals surface area contributed by atoms with Crippen molar-refractivity contribution < 1.29 is 13.5 Å². The molecule has 0 fully saturated rings. The van der Waals surface area contributed by atoms with Crippen molar-refractivity contribution in [3.63, 3.8) is 0 Å². The molecule has 0 aliphatic rings. The lowest BCUT2D eigenvalue weighted by atomic mass is 10.1. The molecule has 1 aromatic rings. The number of allylic oxidation sites excluding steroid dienone is 3. The molecule has 0 spiro atoms. The third kappa shape index (κ3) is 7.02. The molecule has 0 aromatic carbocycles. The fourth-order valence-electron chi connectivity index (χ4n) is 2.17. The van der Waals surface area contributed by atoms with E-state index in [4.69, 9.17) is 16.2 Å². The maximum Gasteiger partial charge on any atom is 0.276 e. The number of anilines is 1. The Bertz CT molecular complexity index is 857. The van der Waals surface area contributed by atoms with Crippen molar-refractivity contribution in [2.75, 3.05) is 19.5 Å². The summed E-state index contributed by atoms with van der Waals surface area (Å²) in [4.78, 5) is 12.2. The van der Waals surface area contributed by atoms with Crippen LogP contribution in [0.4, 0.5) is 14.6 Å². The van der Waals surface area contributed by atoms with E-state index in [1.165, 1.54) is 26.3 Å². The minimum absolute atomic E-state index is 0.139. The van der Waals surface area contributed by atoms with Crippen molar-refractivity contribution in [3.05, 3.63) is 47.2 Å². The van der Waals surface area contributed by atoms with Gasteiger partial charge in [0.2, 0.25) is 0 Å². The number of ether oxygens (including phenoxy) is 1. The van der Waals surface area contributed by atoms with Gasteiger partial charge in [-0.25, -0.2) is 18.8 Å². The predicted octanol–water partition coefficient (Wildman–Crippen LogP) is 3.71. The van der Waals surface area contributed by atoms with Crippen molar-refractivity contribution >= 4 is 23.3 Å². The zero-order chi connectivity index (χ0) is 22.0. The molecule has 0 atom stereocenters. The van der Waals surface area contributed by atoms with Gasteiger partial charge in [-0.3, -0.25) is 4.99 Å². The highest BCUT2D eigenvalue weighted by Gasteiger charge is 2.12. The van der Waals surface area contributed by atoms with Crippen molar-refractivity contribution in [3.8, 4) is 5.75 Å². The second-order valence-corrected chi connectivity index (χ2v) is 6.08. The summed E-state index contributed by atoms with van der Waals surface area (Å²) in [5.74, 6) is 0.954. The number of nitrogens with zero attached hydrogens (tertiary/aromatic N) is 3. The standard InChI is InChI=1S/C20H28F2N6O/c1-6-12(2)16(24)7-19(27-13(3)20(21)22)28-18-8-17(29-5)15(11-26-18)14(9-23)10-25-4/h7-11,20H,6,23-24H2,1-5H3,(H,26,28)/b14-9+,16-12-,19-7+,25-10?,27-13+. The van der Waals surface area contributed by atoms with Crippen LogP contribution in [-0.2, 0) is 0 Å². The van der Waals surface area contributed by atoms with Crippen molar-refractivity contribution in [2.24, 2.45) is 21.5 Å². The first-order valence-corrected chi connectivity index (χ1v) is 8.93. The van der Waals surface area contributed by atoms with E-state index in [1.54, 1.807) is 25.5 Å². The van der Waals surface area contributed by atoms with E-state index in [2.05, 4.69) is 20.3 Å². The normalized spacial score (nSPS) is 14.4. The summed E-state index contributed by atoms with van der Waals surface area (Å²) in [5.41, 5.74) is 13.9. The third-order valence-corrected chi connectivity index (χ3v) is 4.03. The molecule has 0 unspecified atom stereocenters. The predicted molar refractivity (Wildman–Crippen MR) is 115 cm³/mol. The summed E-state index contributed by atoms with van der Waals surface area (Å²) in [6, 6.07) is 1.61. The lowest BCUT2D eigenvalue weighted by Crippen LogP contribution is -2.10. The average Bonchev–Trinajstić information content (AvgIpc) is 2.71. The number of methoxy groups -OCH3 is 1. The van der Waals surface area contributed by atoms with E-state index in [1.807, 2.05) is 13.8 Å². The van der Waals surface area contributed by atoms with E-state index >= 15 is 0 Å². The molecule has 1 aromatic heterocycles. The maximum atomic E-state index is 13.0. The molecule has 0 radical (unpaired) electrons. The van der Waals surface area contributed by atoms with Crippen LogP contribution in [-0.4, -0.2) is 37.5 Å². The Morgan fingerprint density at radius 3 is 2.59 bits per heavy atom. The van der Waals surface area contributed by atoms with Gasteiger partial charge in [-0.1, -0.05) is 12.5 Å². The molecule has 7 nitrogen and oxygen atoms in total. The first-order chi connectivity index (χ1) is 13.8. The molecule has 0 aliphatic heterocycles. The van der Waals surface area contributed by atoms with Gasteiger partial charge in [0, 0.05) is 54.6 Å². The van der Waals surface area contributed by atoms with Gasteiger partial charge >= 0.3 is 0 Å². The largest absolute Gasteiger partial charge is 0.496 e. The third-order valence-electron chi connectivity index (χ3n) is 4.03. The number of hydrogen-bond donors (Lipinski definition) is 3. The van der Waals surface area contributed by atoms with Gasteiger partial charge in [-0.2, -0.15) is 0 Å². The van der Waals surface area contributed by atoms with E-state index in [0.29, 0.717) is 28.4 Å². The second kappa shape index (κ2) is 11.6. The first-order valence-electron chi connectivity index (χ1n) is 8.93. The molecule has 0 saturated carbocycles. The minimum atomic E-state index is -2.69. The van der Waals surface area contributed by atoms with Crippen LogP contribution >= 0.6 is 0 Å². The number of nitrogens with one attached hydrogen (secondary N) is 1. The van der Waals surface area contributed by atoms with Gasteiger partial charge in [0.25, 0.3) is 6.43 Å². The van der Waals surface area contributed by atoms with E-state index in [-0.39, 0.29) is 11.5 Å². The topological polar surface area (TPSA) is 111 Å². The van der Waals surface area contributed by atoms with Crippen LogP contribution in [0.15, 0.2) is 51.6 Å². The van der Waals surface area contributed by atoms with Crippen molar-refractivity contribution in [2.45, 2.75) is 33.6 Å². The lowest BCUT2D eigenvalue weighted by Gasteiger charge is -2.13. The Labute approximate surface area is 170 Å². The van der Waals surface area contributed by atoms with Crippen LogP contribution in [0.1, 0.15) is 32.8 Å². The Hall–Kier alpha value is -3.23. The van der Waals surface area contributed by atoms with Crippen LogP contribution in [0, 0.1) is 0 Å². The lowest BCUT2D eigenvalue weighted by molar-refractivity contribution is 0.225. The molecule has 29 heavy (non-hydrogen) atoms. The molecular formula is C20H28F2N6O. The number of halogens is 2. The Morgan fingerprint density at radius 1 is 1.38 bits per heavy atom. The number of alkyl halides is 2. The molecule has 0 aliphatic carbocycles. The highest BCUT2D eigenvalue weighted by Crippen LogP contribution is 2.27. The monoisotopic (exact) mass is 406 g/mol. The van der Waals surface area contributed by atoms with Gasteiger partial charge in [0.15, 0.2) is 0 Å². The number of pyridine rings is 1. The van der Waals surface area contributed by atoms with Crippen molar-refractivity contribution in [1.82, 2.24) is 4.98 Å². The summed E-state index contributed by atoms with van der Waals surface area (Å²) in [5, 5.41) is 2.92. The molecule has 0 bridgehead atoms. The maximum absolute atomic E-state index is 13.0. The molecule has 9 heteroatoms. The second-order valence-electron chi connectivity index (χ2n) is 6.08. The number of aliphatic imine (C=N–C) groups is 2. The van der Waals surface area contributed by atoms with Crippen LogP contribution in [0.2, 0.25) is 0 Å². The first kappa shape index (κ1) is 23.8. The minimum Gasteiger partial charge on any atom is -0.496 e. The van der Waals surface area contributed by atoms with Gasteiger partial charge in [-0.05, 0) is 20.3 Å². The number of aromatic nitrogens is 1.